The highest BCUT2D eigenvalue weighted by atomic mass is 19.1. The Kier molecular flexibility index (Phi) is 4.08. The molecule has 1 saturated carbocycles. The van der Waals surface area contributed by atoms with E-state index in [-0.39, 0.29) is 17.9 Å². The van der Waals surface area contributed by atoms with Crippen LogP contribution in [-0.4, -0.2) is 12.1 Å². The summed E-state index contributed by atoms with van der Waals surface area (Å²) in [5.74, 6) is -0.263. The van der Waals surface area contributed by atoms with Crippen LogP contribution in [0.2, 0.25) is 0 Å². The highest BCUT2D eigenvalue weighted by Crippen LogP contribution is 2.36. The van der Waals surface area contributed by atoms with Crippen LogP contribution in [0, 0.1) is 11.2 Å². The first-order chi connectivity index (χ1) is 8.94. The standard InChI is InChI=1S/C15H21FN2O/c1-15(2)8-7-13(9-15)18-14(19)17-10-11-3-5-12(16)6-4-11/h3-6,13H,7-10H2,1-2H3,(H2,17,18,19). The fourth-order valence-corrected chi connectivity index (χ4v) is 2.58. The van der Waals surface area contributed by atoms with Crippen LogP contribution in [0.25, 0.3) is 0 Å². The summed E-state index contributed by atoms with van der Waals surface area (Å²) in [6, 6.07) is 6.26. The van der Waals surface area contributed by atoms with Gasteiger partial charge in [0.15, 0.2) is 0 Å². The van der Waals surface area contributed by atoms with Crippen molar-refractivity contribution < 1.29 is 9.18 Å². The molecule has 1 fully saturated rings. The molecular weight excluding hydrogens is 243 g/mol. The fraction of sp³-hybridized carbons (Fsp3) is 0.533. The van der Waals surface area contributed by atoms with Gasteiger partial charge in [-0.05, 0) is 42.4 Å². The van der Waals surface area contributed by atoms with E-state index in [0.717, 1.165) is 24.8 Å². The van der Waals surface area contributed by atoms with Crippen molar-refractivity contribution in [1.29, 1.82) is 0 Å². The van der Waals surface area contributed by atoms with E-state index in [1.54, 1.807) is 12.1 Å². The summed E-state index contributed by atoms with van der Waals surface area (Å²) in [6.45, 7) is 4.87. The Morgan fingerprint density at radius 2 is 2.05 bits per heavy atom. The zero-order valence-corrected chi connectivity index (χ0v) is 11.5. The van der Waals surface area contributed by atoms with Gasteiger partial charge in [-0.1, -0.05) is 26.0 Å². The van der Waals surface area contributed by atoms with Crippen molar-refractivity contribution in [2.24, 2.45) is 5.41 Å². The van der Waals surface area contributed by atoms with Crippen LogP contribution < -0.4 is 10.6 Å². The number of urea groups is 1. The maximum absolute atomic E-state index is 12.7. The summed E-state index contributed by atoms with van der Waals surface area (Å²) in [7, 11) is 0. The zero-order valence-electron chi connectivity index (χ0n) is 11.5. The maximum Gasteiger partial charge on any atom is 0.315 e. The number of carbonyl (C=O) groups excluding carboxylic acids is 1. The number of rotatable bonds is 3. The lowest BCUT2D eigenvalue weighted by atomic mass is 9.92. The first-order valence-corrected chi connectivity index (χ1v) is 6.73. The Morgan fingerprint density at radius 3 is 2.63 bits per heavy atom. The average molecular weight is 264 g/mol. The minimum atomic E-state index is -0.263. The molecule has 0 heterocycles. The van der Waals surface area contributed by atoms with Crippen LogP contribution in [0.4, 0.5) is 9.18 Å². The van der Waals surface area contributed by atoms with E-state index in [1.165, 1.54) is 12.1 Å². The third-order valence-corrected chi connectivity index (χ3v) is 3.67. The number of nitrogens with one attached hydrogen (secondary N) is 2. The van der Waals surface area contributed by atoms with Gasteiger partial charge < -0.3 is 10.6 Å². The Bertz CT molecular complexity index is 442. The number of halogens is 1. The molecule has 19 heavy (non-hydrogen) atoms. The minimum absolute atomic E-state index is 0.146. The number of hydrogen-bond donors (Lipinski definition) is 2. The molecule has 1 aromatic carbocycles. The van der Waals surface area contributed by atoms with Crippen molar-refractivity contribution >= 4 is 6.03 Å². The SMILES string of the molecule is CC1(C)CCC(NC(=O)NCc2ccc(F)cc2)C1. The van der Waals surface area contributed by atoms with E-state index in [2.05, 4.69) is 24.5 Å². The summed E-state index contributed by atoms with van der Waals surface area (Å²) < 4.78 is 12.7. The normalized spacial score (nSPS) is 21.1. The van der Waals surface area contributed by atoms with Crippen molar-refractivity contribution in [2.75, 3.05) is 0 Å². The van der Waals surface area contributed by atoms with Crippen molar-refractivity contribution in [3.63, 3.8) is 0 Å². The van der Waals surface area contributed by atoms with Crippen LogP contribution in [0.1, 0.15) is 38.7 Å². The Morgan fingerprint density at radius 1 is 1.37 bits per heavy atom. The highest BCUT2D eigenvalue weighted by Gasteiger charge is 2.31. The van der Waals surface area contributed by atoms with Crippen LogP contribution in [0.15, 0.2) is 24.3 Å². The smallest absolute Gasteiger partial charge is 0.315 e. The van der Waals surface area contributed by atoms with E-state index < -0.39 is 0 Å². The molecule has 1 aliphatic rings. The molecule has 0 radical (unpaired) electrons. The summed E-state index contributed by atoms with van der Waals surface area (Å²) >= 11 is 0. The molecule has 2 rings (SSSR count). The molecule has 2 amide bonds. The van der Waals surface area contributed by atoms with Crippen molar-refractivity contribution in [1.82, 2.24) is 10.6 Å². The molecule has 0 spiro atoms. The number of carbonyl (C=O) groups is 1. The first kappa shape index (κ1) is 13.8. The molecule has 0 bridgehead atoms. The van der Waals surface area contributed by atoms with Crippen LogP contribution in [0.5, 0.6) is 0 Å². The summed E-state index contributed by atoms with van der Waals surface area (Å²) in [4.78, 5) is 11.8. The molecule has 4 heteroatoms. The predicted molar refractivity (Wildman–Crippen MR) is 73.2 cm³/mol. The van der Waals surface area contributed by atoms with Gasteiger partial charge in [-0.2, -0.15) is 0 Å². The monoisotopic (exact) mass is 264 g/mol. The molecule has 1 aliphatic carbocycles. The zero-order chi connectivity index (χ0) is 13.9. The Balaban J connectivity index is 1.74. The van der Waals surface area contributed by atoms with Gasteiger partial charge in [-0.15, -0.1) is 0 Å². The van der Waals surface area contributed by atoms with Gasteiger partial charge in [-0.25, -0.2) is 9.18 Å². The molecule has 0 aliphatic heterocycles. The van der Waals surface area contributed by atoms with Crippen molar-refractivity contribution in [3.8, 4) is 0 Å². The third-order valence-electron chi connectivity index (χ3n) is 3.67. The Labute approximate surface area is 113 Å². The second-order valence-corrected chi connectivity index (χ2v) is 6.06. The maximum atomic E-state index is 12.7. The van der Waals surface area contributed by atoms with E-state index in [9.17, 15) is 9.18 Å². The lowest BCUT2D eigenvalue weighted by Gasteiger charge is -2.18. The molecule has 0 aromatic heterocycles. The van der Waals surface area contributed by atoms with E-state index in [0.29, 0.717) is 12.0 Å². The molecule has 3 nitrogen and oxygen atoms in total. The van der Waals surface area contributed by atoms with Gasteiger partial charge in [0, 0.05) is 12.6 Å². The topological polar surface area (TPSA) is 41.1 Å². The molecule has 104 valence electrons. The highest BCUT2D eigenvalue weighted by molar-refractivity contribution is 5.74. The van der Waals surface area contributed by atoms with Gasteiger partial charge in [0.2, 0.25) is 0 Å². The van der Waals surface area contributed by atoms with Crippen LogP contribution >= 0.6 is 0 Å². The van der Waals surface area contributed by atoms with E-state index in [4.69, 9.17) is 0 Å². The molecule has 1 aromatic rings. The molecular formula is C15H21FN2O. The quantitative estimate of drug-likeness (QED) is 0.864. The van der Waals surface area contributed by atoms with Crippen LogP contribution in [-0.2, 0) is 6.54 Å². The molecule has 0 saturated heterocycles. The van der Waals surface area contributed by atoms with Gasteiger partial charge in [0.05, 0.1) is 0 Å². The van der Waals surface area contributed by atoms with Crippen LogP contribution in [0.3, 0.4) is 0 Å². The average Bonchev–Trinajstić information content (AvgIpc) is 2.68. The van der Waals surface area contributed by atoms with Crippen molar-refractivity contribution in [3.05, 3.63) is 35.6 Å². The number of amides is 2. The van der Waals surface area contributed by atoms with E-state index >= 15 is 0 Å². The third kappa shape index (κ3) is 4.23. The van der Waals surface area contributed by atoms with Crippen molar-refractivity contribution in [2.45, 2.75) is 45.7 Å². The first-order valence-electron chi connectivity index (χ1n) is 6.73. The summed E-state index contributed by atoms with van der Waals surface area (Å²) in [6.07, 6.45) is 3.21. The van der Waals surface area contributed by atoms with Gasteiger partial charge >= 0.3 is 6.03 Å². The largest absolute Gasteiger partial charge is 0.335 e. The molecule has 2 N–H and O–H groups in total. The molecule has 1 unspecified atom stereocenters. The second-order valence-electron chi connectivity index (χ2n) is 6.06. The lowest BCUT2D eigenvalue weighted by molar-refractivity contribution is 0.235. The van der Waals surface area contributed by atoms with Gasteiger partial charge in [0.25, 0.3) is 0 Å². The molecule has 1 atom stereocenters. The Hall–Kier alpha value is -1.58. The number of benzene rings is 1. The lowest BCUT2D eigenvalue weighted by Crippen LogP contribution is -2.40. The summed E-state index contributed by atoms with van der Waals surface area (Å²) in [5, 5.41) is 5.79. The number of hydrogen-bond acceptors (Lipinski definition) is 1. The van der Waals surface area contributed by atoms with Gasteiger partial charge in [0.1, 0.15) is 5.82 Å². The van der Waals surface area contributed by atoms with E-state index in [1.807, 2.05) is 0 Å². The predicted octanol–water partition coefficient (Wildman–Crippen LogP) is 3.20. The minimum Gasteiger partial charge on any atom is -0.335 e. The second kappa shape index (κ2) is 5.59. The fourth-order valence-electron chi connectivity index (χ4n) is 2.58. The summed E-state index contributed by atoms with van der Waals surface area (Å²) in [5.41, 5.74) is 1.22. The van der Waals surface area contributed by atoms with Gasteiger partial charge in [-0.3, -0.25) is 0 Å².